The number of nitrogens with one attached hydrogen (secondary N) is 2. The molecular formula is C26H28F2N4O5S. The molecule has 1 fully saturated rings. The van der Waals surface area contributed by atoms with Crippen molar-refractivity contribution in [2.45, 2.75) is 43.2 Å². The van der Waals surface area contributed by atoms with Gasteiger partial charge in [0.05, 0.1) is 24.1 Å². The Morgan fingerprint density at radius 2 is 1.92 bits per heavy atom. The number of sulfonamides is 1. The molecule has 3 heterocycles. The van der Waals surface area contributed by atoms with Crippen molar-refractivity contribution in [3.63, 3.8) is 0 Å². The van der Waals surface area contributed by atoms with Crippen molar-refractivity contribution in [2.75, 3.05) is 32.2 Å². The summed E-state index contributed by atoms with van der Waals surface area (Å²) in [6, 6.07) is 7.58. The predicted octanol–water partition coefficient (Wildman–Crippen LogP) is 3.46. The fourth-order valence-electron chi connectivity index (χ4n) is 4.83. The van der Waals surface area contributed by atoms with E-state index in [4.69, 9.17) is 9.47 Å². The molecule has 1 saturated heterocycles. The Hall–Kier alpha value is -3.35. The van der Waals surface area contributed by atoms with Crippen LogP contribution in [0.25, 0.3) is 0 Å². The first-order chi connectivity index (χ1) is 18.2. The van der Waals surface area contributed by atoms with Gasteiger partial charge in [-0.05, 0) is 37.1 Å². The van der Waals surface area contributed by atoms with E-state index in [0.717, 1.165) is 35.0 Å². The highest BCUT2D eigenvalue weighted by atomic mass is 32.2. The lowest BCUT2D eigenvalue weighted by molar-refractivity contribution is 0.0904. The highest BCUT2D eigenvalue weighted by Crippen LogP contribution is 2.30. The maximum Gasteiger partial charge on any atom is 0.243 e. The number of aromatic amines is 1. The maximum atomic E-state index is 13.7. The minimum Gasteiger partial charge on any atom is -0.497 e. The topological polar surface area (TPSA) is 114 Å². The zero-order valence-corrected chi connectivity index (χ0v) is 21.6. The van der Waals surface area contributed by atoms with Crippen molar-refractivity contribution < 1.29 is 31.5 Å². The van der Waals surface area contributed by atoms with Gasteiger partial charge in [0, 0.05) is 73.4 Å². The summed E-state index contributed by atoms with van der Waals surface area (Å²) >= 11 is 0. The summed E-state index contributed by atoms with van der Waals surface area (Å²) in [7, 11) is -2.60. The molecule has 2 N–H and O–H groups in total. The number of ketones is 1. The van der Waals surface area contributed by atoms with Crippen LogP contribution in [0.1, 0.15) is 40.2 Å². The van der Waals surface area contributed by atoms with Crippen LogP contribution < -0.4 is 10.1 Å². The third-order valence-corrected chi connectivity index (χ3v) is 8.72. The molecule has 202 valence electrons. The number of aromatic nitrogens is 2. The zero-order valence-electron chi connectivity index (χ0n) is 20.8. The fourth-order valence-corrected chi connectivity index (χ4v) is 6.28. The Balaban J connectivity index is 1.37. The van der Waals surface area contributed by atoms with E-state index < -0.39 is 26.6 Å². The predicted molar refractivity (Wildman–Crippen MR) is 135 cm³/mol. The van der Waals surface area contributed by atoms with E-state index >= 15 is 0 Å². The molecule has 9 nitrogen and oxygen atoms in total. The third kappa shape index (κ3) is 5.42. The Morgan fingerprint density at radius 1 is 1.18 bits per heavy atom. The van der Waals surface area contributed by atoms with Gasteiger partial charge < -0.3 is 14.8 Å². The van der Waals surface area contributed by atoms with Gasteiger partial charge in [-0.2, -0.15) is 9.40 Å². The summed E-state index contributed by atoms with van der Waals surface area (Å²) in [5, 5.41) is 10.7. The SMILES string of the molecule is COc1ccc(C(=O)Cc2n[nH]c3c2CN(S(=O)(=O)c2cc(F)cc(F)c2)CC3)c(NC2CCOCC2)c1. The smallest absolute Gasteiger partial charge is 0.243 e. The van der Waals surface area contributed by atoms with E-state index in [0.29, 0.717) is 54.0 Å². The summed E-state index contributed by atoms with van der Waals surface area (Å²) in [4.78, 5) is 13.0. The van der Waals surface area contributed by atoms with Crippen LogP contribution in [-0.2, 0) is 34.1 Å². The normalized spacial score (nSPS) is 16.7. The van der Waals surface area contributed by atoms with Crippen LogP contribution in [0, 0.1) is 11.6 Å². The molecule has 3 aromatic rings. The van der Waals surface area contributed by atoms with Gasteiger partial charge >= 0.3 is 0 Å². The van der Waals surface area contributed by atoms with Gasteiger partial charge in [0.25, 0.3) is 0 Å². The number of methoxy groups -OCH3 is 1. The quantitative estimate of drug-likeness (QED) is 0.416. The van der Waals surface area contributed by atoms with E-state index in [-0.39, 0.29) is 31.3 Å². The van der Waals surface area contributed by atoms with Crippen LogP contribution in [0.4, 0.5) is 14.5 Å². The first kappa shape index (κ1) is 26.3. The van der Waals surface area contributed by atoms with Crippen molar-refractivity contribution >= 4 is 21.5 Å². The minimum atomic E-state index is -4.16. The van der Waals surface area contributed by atoms with Crippen molar-refractivity contribution in [1.29, 1.82) is 0 Å². The molecule has 1 aromatic heterocycles. The van der Waals surface area contributed by atoms with E-state index in [1.54, 1.807) is 25.3 Å². The number of carbonyl (C=O) groups excluding carboxylic acids is 1. The lowest BCUT2D eigenvalue weighted by Gasteiger charge is -2.26. The molecule has 0 unspecified atom stereocenters. The van der Waals surface area contributed by atoms with Crippen LogP contribution in [0.3, 0.4) is 0 Å². The van der Waals surface area contributed by atoms with E-state index in [2.05, 4.69) is 15.5 Å². The molecule has 0 amide bonds. The molecule has 0 atom stereocenters. The molecule has 0 bridgehead atoms. The molecule has 12 heteroatoms. The number of hydrogen-bond acceptors (Lipinski definition) is 7. The maximum absolute atomic E-state index is 13.7. The Labute approximate surface area is 219 Å². The second kappa shape index (κ2) is 10.8. The van der Waals surface area contributed by atoms with Crippen molar-refractivity contribution in [2.24, 2.45) is 0 Å². The Kier molecular flexibility index (Phi) is 7.46. The zero-order chi connectivity index (χ0) is 26.9. The lowest BCUT2D eigenvalue weighted by Crippen LogP contribution is -2.36. The van der Waals surface area contributed by atoms with Crippen LogP contribution >= 0.6 is 0 Å². The number of benzene rings is 2. The van der Waals surface area contributed by atoms with Gasteiger partial charge in [-0.25, -0.2) is 17.2 Å². The number of Topliss-reactive ketones (excluding diaryl/α,β-unsaturated/α-hetero) is 1. The fraction of sp³-hybridized carbons (Fsp3) is 0.385. The van der Waals surface area contributed by atoms with Gasteiger partial charge in [-0.3, -0.25) is 9.89 Å². The molecule has 2 aliphatic rings. The van der Waals surface area contributed by atoms with Gasteiger partial charge in [0.2, 0.25) is 10.0 Å². The molecule has 38 heavy (non-hydrogen) atoms. The standard InChI is InChI=1S/C26H28F2N4O5S/c1-36-19-2-3-21(24(13-19)29-18-5-8-37-9-6-18)26(33)14-25-22-15-32(7-4-23(22)30-31-25)38(34,35)20-11-16(27)10-17(28)12-20/h2-3,10-13,18,29H,4-9,14-15H2,1H3,(H,30,31). The monoisotopic (exact) mass is 546 g/mol. The van der Waals surface area contributed by atoms with Crippen molar-refractivity contribution in [1.82, 2.24) is 14.5 Å². The molecule has 0 saturated carbocycles. The van der Waals surface area contributed by atoms with Gasteiger partial charge in [0.1, 0.15) is 17.4 Å². The molecule has 0 radical (unpaired) electrons. The average Bonchev–Trinajstić information content (AvgIpc) is 3.30. The molecule has 0 spiro atoms. The van der Waals surface area contributed by atoms with Crippen LogP contribution in [0.5, 0.6) is 5.75 Å². The number of carbonyl (C=O) groups is 1. The number of hydrogen-bond donors (Lipinski definition) is 2. The summed E-state index contributed by atoms with van der Waals surface area (Å²) < 4.78 is 65.6. The highest BCUT2D eigenvalue weighted by Gasteiger charge is 2.32. The number of anilines is 1. The lowest BCUT2D eigenvalue weighted by atomic mass is 9.99. The van der Waals surface area contributed by atoms with Crippen molar-refractivity contribution in [3.8, 4) is 5.75 Å². The Morgan fingerprint density at radius 3 is 2.63 bits per heavy atom. The number of fused-ring (bicyclic) bond motifs is 1. The van der Waals surface area contributed by atoms with E-state index in [9.17, 15) is 22.0 Å². The second-order valence-electron chi connectivity index (χ2n) is 9.36. The van der Waals surface area contributed by atoms with Gasteiger partial charge in [-0.15, -0.1) is 0 Å². The number of halogens is 2. The summed E-state index contributed by atoms with van der Waals surface area (Å²) in [5.41, 5.74) is 2.90. The molecule has 2 aliphatic heterocycles. The minimum absolute atomic E-state index is 0.0525. The number of nitrogens with zero attached hydrogens (tertiary/aromatic N) is 2. The van der Waals surface area contributed by atoms with Gasteiger partial charge in [-0.1, -0.05) is 0 Å². The largest absolute Gasteiger partial charge is 0.497 e. The summed E-state index contributed by atoms with van der Waals surface area (Å²) in [5.74, 6) is -1.52. The third-order valence-electron chi connectivity index (χ3n) is 6.89. The first-order valence-electron chi connectivity index (χ1n) is 12.3. The van der Waals surface area contributed by atoms with Crippen LogP contribution in [0.2, 0.25) is 0 Å². The number of rotatable bonds is 8. The van der Waals surface area contributed by atoms with Crippen LogP contribution in [0.15, 0.2) is 41.3 Å². The van der Waals surface area contributed by atoms with Crippen LogP contribution in [-0.4, -0.2) is 61.6 Å². The number of H-pyrrole nitrogens is 1. The van der Waals surface area contributed by atoms with Crippen molar-refractivity contribution in [3.05, 3.63) is 70.5 Å². The summed E-state index contributed by atoms with van der Waals surface area (Å²) in [6.45, 7) is 1.34. The molecular weight excluding hydrogens is 518 g/mol. The molecule has 2 aromatic carbocycles. The first-order valence-corrected chi connectivity index (χ1v) is 13.8. The van der Waals surface area contributed by atoms with E-state index in [1.165, 1.54) is 0 Å². The average molecular weight is 547 g/mol. The molecule has 0 aliphatic carbocycles. The van der Waals surface area contributed by atoms with Gasteiger partial charge in [0.15, 0.2) is 5.78 Å². The molecule has 5 rings (SSSR count). The Bertz CT molecular complexity index is 1430. The highest BCUT2D eigenvalue weighted by molar-refractivity contribution is 7.89. The number of ether oxygens (including phenoxy) is 2. The second-order valence-corrected chi connectivity index (χ2v) is 11.3. The van der Waals surface area contributed by atoms with E-state index in [1.807, 2.05) is 0 Å². The summed E-state index contributed by atoms with van der Waals surface area (Å²) in [6.07, 6.45) is 1.91.